The van der Waals surface area contributed by atoms with Gasteiger partial charge in [0.05, 0.1) is 11.7 Å². The van der Waals surface area contributed by atoms with Gasteiger partial charge in [-0.1, -0.05) is 12.1 Å². The van der Waals surface area contributed by atoms with Crippen molar-refractivity contribution >= 4 is 5.97 Å². The topological polar surface area (TPSA) is 59.4 Å². The van der Waals surface area contributed by atoms with Gasteiger partial charge in [0.1, 0.15) is 0 Å². The van der Waals surface area contributed by atoms with E-state index in [1.807, 2.05) is 19.9 Å². The van der Waals surface area contributed by atoms with Crippen LogP contribution >= 0.6 is 0 Å². The van der Waals surface area contributed by atoms with Crippen LogP contribution in [0.15, 0.2) is 42.6 Å². The number of hydrogen-bond acceptors (Lipinski definition) is 3. The fraction of sp³-hybridized carbons (Fsp3) is 0.200. The van der Waals surface area contributed by atoms with Crippen LogP contribution in [0.2, 0.25) is 0 Å². The number of nitrogens with zero attached hydrogens (tertiary/aromatic N) is 1. The van der Waals surface area contributed by atoms with Gasteiger partial charge in [-0.25, -0.2) is 9.78 Å². The molecular formula is C15H15NO3. The van der Waals surface area contributed by atoms with E-state index >= 15 is 0 Å². The van der Waals surface area contributed by atoms with Gasteiger partial charge < -0.3 is 9.84 Å². The van der Waals surface area contributed by atoms with Gasteiger partial charge >= 0.3 is 5.97 Å². The molecule has 0 aliphatic rings. The molecule has 0 unspecified atom stereocenters. The minimum absolute atomic E-state index is 0.0909. The molecule has 0 amide bonds. The molecule has 0 aliphatic heterocycles. The maximum Gasteiger partial charge on any atom is 0.335 e. The van der Waals surface area contributed by atoms with Gasteiger partial charge in [0.15, 0.2) is 0 Å². The molecule has 1 heterocycles. The van der Waals surface area contributed by atoms with Crippen molar-refractivity contribution in [1.82, 2.24) is 4.98 Å². The number of aromatic carboxylic acids is 1. The molecule has 0 atom stereocenters. The van der Waals surface area contributed by atoms with Crippen LogP contribution in [0.1, 0.15) is 24.2 Å². The normalized spacial score (nSPS) is 10.5. The third-order valence-electron chi connectivity index (χ3n) is 2.56. The predicted molar refractivity (Wildman–Crippen MR) is 72.4 cm³/mol. The molecule has 1 aromatic carbocycles. The zero-order valence-electron chi connectivity index (χ0n) is 10.8. The van der Waals surface area contributed by atoms with Crippen molar-refractivity contribution in [2.24, 2.45) is 0 Å². The van der Waals surface area contributed by atoms with E-state index in [1.165, 1.54) is 0 Å². The number of carbonyl (C=O) groups is 1. The molecule has 98 valence electrons. The first-order valence-electron chi connectivity index (χ1n) is 6.02. The van der Waals surface area contributed by atoms with E-state index in [0.717, 1.165) is 11.1 Å². The van der Waals surface area contributed by atoms with Gasteiger partial charge in [-0.3, -0.25) is 0 Å². The molecule has 0 bridgehead atoms. The number of benzene rings is 1. The molecule has 0 radical (unpaired) electrons. The average Bonchev–Trinajstić information content (AvgIpc) is 2.39. The number of rotatable bonds is 4. The summed E-state index contributed by atoms with van der Waals surface area (Å²) in [5.41, 5.74) is 2.12. The molecule has 0 spiro atoms. The van der Waals surface area contributed by atoms with Crippen molar-refractivity contribution in [3.05, 3.63) is 48.2 Å². The molecule has 0 aliphatic carbocycles. The van der Waals surface area contributed by atoms with Crippen molar-refractivity contribution in [2.45, 2.75) is 20.0 Å². The van der Waals surface area contributed by atoms with Crippen LogP contribution < -0.4 is 4.74 Å². The van der Waals surface area contributed by atoms with Gasteiger partial charge in [-0.2, -0.15) is 0 Å². The lowest BCUT2D eigenvalue weighted by Gasteiger charge is -2.09. The predicted octanol–water partition coefficient (Wildman–Crippen LogP) is 3.23. The van der Waals surface area contributed by atoms with E-state index < -0.39 is 5.97 Å². The summed E-state index contributed by atoms with van der Waals surface area (Å²) in [4.78, 5) is 15.0. The van der Waals surface area contributed by atoms with Crippen molar-refractivity contribution < 1.29 is 14.6 Å². The van der Waals surface area contributed by atoms with Crippen LogP contribution in [-0.4, -0.2) is 22.2 Å². The van der Waals surface area contributed by atoms with E-state index in [4.69, 9.17) is 9.84 Å². The summed E-state index contributed by atoms with van der Waals surface area (Å²) in [6.45, 7) is 3.89. The van der Waals surface area contributed by atoms with E-state index in [0.29, 0.717) is 5.88 Å². The lowest BCUT2D eigenvalue weighted by molar-refractivity contribution is 0.0697. The Bertz CT molecular complexity index is 559. The van der Waals surface area contributed by atoms with Crippen molar-refractivity contribution in [1.29, 1.82) is 0 Å². The number of aromatic nitrogens is 1. The molecule has 2 rings (SSSR count). The van der Waals surface area contributed by atoms with E-state index in [-0.39, 0.29) is 11.7 Å². The Morgan fingerprint density at radius 3 is 2.21 bits per heavy atom. The first kappa shape index (κ1) is 13.1. The van der Waals surface area contributed by atoms with Gasteiger partial charge in [0.25, 0.3) is 0 Å². The third kappa shape index (κ3) is 3.31. The molecule has 0 saturated heterocycles. The highest BCUT2D eigenvalue weighted by molar-refractivity contribution is 5.88. The fourth-order valence-electron chi connectivity index (χ4n) is 1.67. The summed E-state index contributed by atoms with van der Waals surface area (Å²) >= 11 is 0. The lowest BCUT2D eigenvalue weighted by atomic mass is 10.1. The number of carboxylic acids is 1. The van der Waals surface area contributed by atoms with E-state index in [1.54, 1.807) is 36.5 Å². The molecule has 0 saturated carbocycles. The van der Waals surface area contributed by atoms with Crippen LogP contribution in [0, 0.1) is 0 Å². The fourth-order valence-corrected chi connectivity index (χ4v) is 1.67. The largest absolute Gasteiger partial charge is 0.478 e. The summed E-state index contributed by atoms with van der Waals surface area (Å²) in [7, 11) is 0. The molecule has 4 nitrogen and oxygen atoms in total. The van der Waals surface area contributed by atoms with Crippen LogP contribution in [0.3, 0.4) is 0 Å². The highest BCUT2D eigenvalue weighted by Gasteiger charge is 2.04. The highest BCUT2D eigenvalue weighted by Crippen LogP contribution is 2.21. The average molecular weight is 257 g/mol. The smallest absolute Gasteiger partial charge is 0.335 e. The monoisotopic (exact) mass is 257 g/mol. The second-order valence-corrected chi connectivity index (χ2v) is 4.43. The zero-order chi connectivity index (χ0) is 13.8. The lowest BCUT2D eigenvalue weighted by Crippen LogP contribution is -2.06. The minimum Gasteiger partial charge on any atom is -0.478 e. The Morgan fingerprint density at radius 2 is 1.74 bits per heavy atom. The zero-order valence-corrected chi connectivity index (χ0v) is 10.8. The Balaban J connectivity index is 2.19. The number of pyridine rings is 1. The second kappa shape index (κ2) is 5.52. The Labute approximate surface area is 111 Å². The Hall–Kier alpha value is -2.36. The second-order valence-electron chi connectivity index (χ2n) is 4.43. The van der Waals surface area contributed by atoms with Gasteiger partial charge in [-0.15, -0.1) is 0 Å². The molecule has 1 N–H and O–H groups in total. The Morgan fingerprint density at radius 1 is 1.11 bits per heavy atom. The maximum absolute atomic E-state index is 10.8. The summed E-state index contributed by atoms with van der Waals surface area (Å²) in [5, 5.41) is 8.84. The van der Waals surface area contributed by atoms with Crippen LogP contribution in [0.5, 0.6) is 5.88 Å². The van der Waals surface area contributed by atoms with Gasteiger partial charge in [-0.05, 0) is 37.6 Å². The van der Waals surface area contributed by atoms with E-state index in [9.17, 15) is 4.79 Å². The third-order valence-corrected chi connectivity index (χ3v) is 2.56. The standard InChI is InChI=1S/C15H15NO3/c1-10(2)19-14-8-7-13(9-16-14)11-3-5-12(6-4-11)15(17)18/h3-10H,1-2H3,(H,17,18). The molecule has 19 heavy (non-hydrogen) atoms. The van der Waals surface area contributed by atoms with Crippen LogP contribution in [0.4, 0.5) is 0 Å². The number of carboxylic acid groups (broad SMARTS) is 1. The first-order chi connectivity index (χ1) is 9.06. The van der Waals surface area contributed by atoms with Crippen LogP contribution in [0.25, 0.3) is 11.1 Å². The first-order valence-corrected chi connectivity index (χ1v) is 6.02. The SMILES string of the molecule is CC(C)Oc1ccc(-c2ccc(C(=O)O)cc2)cn1. The molecule has 2 aromatic rings. The van der Waals surface area contributed by atoms with Crippen LogP contribution in [-0.2, 0) is 0 Å². The highest BCUT2D eigenvalue weighted by atomic mass is 16.5. The minimum atomic E-state index is -0.926. The van der Waals surface area contributed by atoms with Gasteiger partial charge in [0, 0.05) is 17.8 Å². The summed E-state index contributed by atoms with van der Waals surface area (Å²) in [6, 6.07) is 10.4. The van der Waals surface area contributed by atoms with E-state index in [2.05, 4.69) is 4.98 Å². The van der Waals surface area contributed by atoms with Crippen molar-refractivity contribution in [3.8, 4) is 17.0 Å². The maximum atomic E-state index is 10.8. The Kier molecular flexibility index (Phi) is 3.80. The molecule has 4 heteroatoms. The molecular weight excluding hydrogens is 242 g/mol. The van der Waals surface area contributed by atoms with Crippen molar-refractivity contribution in [3.63, 3.8) is 0 Å². The molecule has 1 aromatic heterocycles. The quantitative estimate of drug-likeness (QED) is 0.913. The summed E-state index contributed by atoms with van der Waals surface area (Å²) < 4.78 is 5.47. The number of hydrogen-bond donors (Lipinski definition) is 1. The van der Waals surface area contributed by atoms with Gasteiger partial charge in [0.2, 0.25) is 5.88 Å². The summed E-state index contributed by atoms with van der Waals surface area (Å²) in [6.07, 6.45) is 1.81. The molecule has 0 fully saturated rings. The summed E-state index contributed by atoms with van der Waals surface area (Å²) in [5.74, 6) is -0.341. The van der Waals surface area contributed by atoms with Crippen molar-refractivity contribution in [2.75, 3.05) is 0 Å². The number of ether oxygens (including phenoxy) is 1.